The Morgan fingerprint density at radius 3 is 2.60 bits per heavy atom. The van der Waals surface area contributed by atoms with Gasteiger partial charge in [-0.3, -0.25) is 0 Å². The Bertz CT molecular complexity index is 378. The second-order valence-corrected chi connectivity index (χ2v) is 4.19. The Kier molecular flexibility index (Phi) is 2.76. The minimum atomic E-state index is -0.252. The minimum absolute atomic E-state index is 0.252. The third-order valence-electron chi connectivity index (χ3n) is 3.24. The summed E-state index contributed by atoms with van der Waals surface area (Å²) >= 11 is 0. The highest BCUT2D eigenvalue weighted by atomic mass is 16.5. The van der Waals surface area contributed by atoms with Gasteiger partial charge < -0.3 is 4.74 Å². The number of ether oxygens (including phenoxy) is 1. The van der Waals surface area contributed by atoms with Gasteiger partial charge in [0, 0.05) is 0 Å². The van der Waals surface area contributed by atoms with Gasteiger partial charge in [0.05, 0.1) is 12.7 Å². The van der Waals surface area contributed by atoms with Gasteiger partial charge in [-0.1, -0.05) is 12.5 Å². The molecule has 2 heteroatoms. The molecule has 0 unspecified atom stereocenters. The first-order valence-electron chi connectivity index (χ1n) is 5.41. The molecule has 1 aromatic carbocycles. The molecule has 0 amide bonds. The van der Waals surface area contributed by atoms with Crippen LogP contribution in [0.1, 0.15) is 46.7 Å². The Morgan fingerprint density at radius 1 is 1.40 bits per heavy atom. The Morgan fingerprint density at radius 2 is 2.13 bits per heavy atom. The number of benzene rings is 1. The van der Waals surface area contributed by atoms with E-state index in [9.17, 15) is 4.79 Å². The van der Waals surface area contributed by atoms with Gasteiger partial charge in [-0.2, -0.15) is 0 Å². The van der Waals surface area contributed by atoms with Gasteiger partial charge in [-0.15, -0.1) is 0 Å². The normalized spacial score (nSPS) is 15.9. The molecular formula is C13H16O2. The zero-order valence-electron chi connectivity index (χ0n) is 9.25. The Labute approximate surface area is 90.3 Å². The van der Waals surface area contributed by atoms with E-state index in [1.807, 2.05) is 12.1 Å². The summed E-state index contributed by atoms with van der Waals surface area (Å²) in [6.07, 6.45) is 3.92. The summed E-state index contributed by atoms with van der Waals surface area (Å²) in [5.41, 5.74) is 3.26. The number of aryl methyl sites for hydroxylation is 1. The van der Waals surface area contributed by atoms with Crippen molar-refractivity contribution >= 4 is 5.97 Å². The summed E-state index contributed by atoms with van der Waals surface area (Å²) in [4.78, 5) is 11.3. The largest absolute Gasteiger partial charge is 0.465 e. The average molecular weight is 204 g/mol. The van der Waals surface area contributed by atoms with E-state index in [1.54, 1.807) is 0 Å². The van der Waals surface area contributed by atoms with Crippen LogP contribution in [-0.2, 0) is 4.74 Å². The summed E-state index contributed by atoms with van der Waals surface area (Å²) in [5.74, 6) is 0.468. The number of carbonyl (C=O) groups is 1. The van der Waals surface area contributed by atoms with Crippen LogP contribution in [0.5, 0.6) is 0 Å². The van der Waals surface area contributed by atoms with E-state index in [2.05, 4.69) is 13.0 Å². The first-order valence-corrected chi connectivity index (χ1v) is 5.41. The molecule has 1 aliphatic rings. The van der Waals surface area contributed by atoms with Gasteiger partial charge in [0.1, 0.15) is 0 Å². The van der Waals surface area contributed by atoms with Gasteiger partial charge in [0.2, 0.25) is 0 Å². The maximum absolute atomic E-state index is 11.3. The van der Waals surface area contributed by atoms with E-state index in [4.69, 9.17) is 4.74 Å². The quantitative estimate of drug-likeness (QED) is 0.692. The molecule has 15 heavy (non-hydrogen) atoms. The summed E-state index contributed by atoms with van der Waals surface area (Å²) in [7, 11) is 1.41. The molecule has 0 spiro atoms. The Hall–Kier alpha value is -1.31. The molecule has 0 aromatic heterocycles. The minimum Gasteiger partial charge on any atom is -0.465 e. The fraction of sp³-hybridized carbons (Fsp3) is 0.462. The third kappa shape index (κ3) is 1.89. The second kappa shape index (κ2) is 4.05. The highest BCUT2D eigenvalue weighted by Gasteiger charge is 2.21. The van der Waals surface area contributed by atoms with Crippen LogP contribution in [0.3, 0.4) is 0 Å². The maximum Gasteiger partial charge on any atom is 0.337 e. The number of carbonyl (C=O) groups excluding carboxylic acids is 1. The molecule has 0 N–H and O–H groups in total. The fourth-order valence-electron chi connectivity index (χ4n) is 2.10. The van der Waals surface area contributed by atoms with Crippen molar-refractivity contribution in [3.05, 3.63) is 34.9 Å². The summed E-state index contributed by atoms with van der Waals surface area (Å²) in [5, 5.41) is 0. The topological polar surface area (TPSA) is 26.3 Å². The van der Waals surface area contributed by atoms with Crippen LogP contribution in [0.4, 0.5) is 0 Å². The lowest BCUT2D eigenvalue weighted by Gasteiger charge is -2.27. The number of hydrogen-bond acceptors (Lipinski definition) is 2. The number of methoxy groups -OCH3 is 1. The molecule has 0 bridgehead atoms. The van der Waals surface area contributed by atoms with Gasteiger partial charge in [-0.25, -0.2) is 4.79 Å². The van der Waals surface area contributed by atoms with Gasteiger partial charge in [0.15, 0.2) is 0 Å². The van der Waals surface area contributed by atoms with Gasteiger partial charge in [-0.05, 0) is 48.9 Å². The highest BCUT2D eigenvalue weighted by molar-refractivity contribution is 5.89. The van der Waals surface area contributed by atoms with Crippen LogP contribution in [0.2, 0.25) is 0 Å². The van der Waals surface area contributed by atoms with Gasteiger partial charge in [0.25, 0.3) is 0 Å². The third-order valence-corrected chi connectivity index (χ3v) is 3.24. The zero-order chi connectivity index (χ0) is 10.8. The zero-order valence-corrected chi connectivity index (χ0v) is 9.25. The molecule has 1 aromatic rings. The maximum atomic E-state index is 11.3. The second-order valence-electron chi connectivity index (χ2n) is 4.19. The number of rotatable bonds is 2. The van der Waals surface area contributed by atoms with Crippen molar-refractivity contribution in [3.8, 4) is 0 Å². The molecule has 1 saturated carbocycles. The van der Waals surface area contributed by atoms with Crippen molar-refractivity contribution in [2.75, 3.05) is 7.11 Å². The summed E-state index contributed by atoms with van der Waals surface area (Å²) in [6, 6.07) is 5.87. The van der Waals surface area contributed by atoms with Crippen LogP contribution < -0.4 is 0 Å². The predicted octanol–water partition coefficient (Wildman–Crippen LogP) is 3.05. The van der Waals surface area contributed by atoms with Crippen LogP contribution in [0.25, 0.3) is 0 Å². The van der Waals surface area contributed by atoms with Crippen molar-refractivity contribution in [2.24, 2.45) is 0 Å². The lowest BCUT2D eigenvalue weighted by Crippen LogP contribution is -2.11. The molecular weight excluding hydrogens is 188 g/mol. The molecule has 2 nitrogen and oxygen atoms in total. The van der Waals surface area contributed by atoms with Crippen LogP contribution >= 0.6 is 0 Å². The van der Waals surface area contributed by atoms with Crippen LogP contribution in [0, 0.1) is 6.92 Å². The van der Waals surface area contributed by atoms with Crippen molar-refractivity contribution in [2.45, 2.75) is 32.1 Å². The SMILES string of the molecule is COC(=O)c1ccc(C2CCC2)c(C)c1. The molecule has 1 fully saturated rings. The first-order chi connectivity index (χ1) is 7.22. The lowest BCUT2D eigenvalue weighted by molar-refractivity contribution is 0.0600. The summed E-state index contributed by atoms with van der Waals surface area (Å²) in [6.45, 7) is 2.07. The molecule has 2 rings (SSSR count). The van der Waals surface area contributed by atoms with E-state index in [0.717, 1.165) is 5.92 Å². The van der Waals surface area contributed by atoms with Crippen molar-refractivity contribution in [1.29, 1.82) is 0 Å². The van der Waals surface area contributed by atoms with E-state index in [0.29, 0.717) is 5.56 Å². The molecule has 0 saturated heterocycles. The average Bonchev–Trinajstić information content (AvgIpc) is 2.17. The van der Waals surface area contributed by atoms with E-state index in [-0.39, 0.29) is 5.97 Å². The van der Waals surface area contributed by atoms with Crippen LogP contribution in [0.15, 0.2) is 18.2 Å². The molecule has 0 heterocycles. The van der Waals surface area contributed by atoms with Crippen molar-refractivity contribution in [1.82, 2.24) is 0 Å². The van der Waals surface area contributed by atoms with E-state index < -0.39 is 0 Å². The van der Waals surface area contributed by atoms with Crippen molar-refractivity contribution in [3.63, 3.8) is 0 Å². The standard InChI is InChI=1S/C13H16O2/c1-9-8-11(13(14)15-2)6-7-12(9)10-4-3-5-10/h6-8,10H,3-5H2,1-2H3. The monoisotopic (exact) mass is 204 g/mol. The molecule has 0 atom stereocenters. The molecule has 0 aliphatic heterocycles. The fourth-order valence-corrected chi connectivity index (χ4v) is 2.10. The van der Waals surface area contributed by atoms with E-state index >= 15 is 0 Å². The smallest absolute Gasteiger partial charge is 0.337 e. The molecule has 80 valence electrons. The Balaban J connectivity index is 2.25. The van der Waals surface area contributed by atoms with Crippen LogP contribution in [-0.4, -0.2) is 13.1 Å². The van der Waals surface area contributed by atoms with E-state index in [1.165, 1.54) is 37.5 Å². The highest BCUT2D eigenvalue weighted by Crippen LogP contribution is 2.37. The lowest BCUT2D eigenvalue weighted by atomic mass is 9.78. The predicted molar refractivity (Wildman–Crippen MR) is 59.1 cm³/mol. The first kappa shape index (κ1) is 10.2. The number of hydrogen-bond donors (Lipinski definition) is 0. The summed E-state index contributed by atoms with van der Waals surface area (Å²) < 4.78 is 4.69. The molecule has 1 aliphatic carbocycles. The van der Waals surface area contributed by atoms with Crippen molar-refractivity contribution < 1.29 is 9.53 Å². The molecule has 0 radical (unpaired) electrons. The number of esters is 1. The van der Waals surface area contributed by atoms with Gasteiger partial charge >= 0.3 is 5.97 Å².